The zero-order valence-electron chi connectivity index (χ0n) is 11.9. The topological polar surface area (TPSA) is 46.3 Å². The number of hydrogen-bond donors (Lipinski definition) is 1. The zero-order valence-corrected chi connectivity index (χ0v) is 11.9. The minimum absolute atomic E-state index is 0.111. The van der Waals surface area contributed by atoms with Gasteiger partial charge in [0.1, 0.15) is 6.04 Å². The van der Waals surface area contributed by atoms with Crippen LogP contribution in [-0.2, 0) is 11.2 Å². The van der Waals surface area contributed by atoms with E-state index in [1.807, 2.05) is 54.6 Å². The van der Waals surface area contributed by atoms with E-state index in [4.69, 9.17) is 5.73 Å². The number of carbonyl (C=O) groups excluding carboxylic acids is 1. The van der Waals surface area contributed by atoms with Crippen LogP contribution in [0, 0.1) is 0 Å². The summed E-state index contributed by atoms with van der Waals surface area (Å²) in [4.78, 5) is 14.0. The number of rotatable bonds is 4. The first-order valence-electron chi connectivity index (χ1n) is 6.80. The number of carbonyl (C=O) groups is 1. The molecule has 104 valence electrons. The molecule has 0 heterocycles. The maximum absolute atomic E-state index is 12.4. The van der Waals surface area contributed by atoms with Crippen LogP contribution in [0.5, 0.6) is 0 Å². The minimum atomic E-state index is -0.632. The molecule has 1 atom stereocenters. The van der Waals surface area contributed by atoms with Gasteiger partial charge in [-0.15, -0.1) is 0 Å². The highest BCUT2D eigenvalue weighted by molar-refractivity contribution is 5.97. The summed E-state index contributed by atoms with van der Waals surface area (Å²) >= 11 is 0. The van der Waals surface area contributed by atoms with Gasteiger partial charge in [-0.1, -0.05) is 49.4 Å². The molecule has 2 aromatic carbocycles. The highest BCUT2D eigenvalue weighted by Gasteiger charge is 2.20. The van der Waals surface area contributed by atoms with Crippen molar-refractivity contribution in [1.29, 1.82) is 0 Å². The number of aryl methyl sites for hydroxylation is 1. The third-order valence-electron chi connectivity index (χ3n) is 3.49. The predicted molar refractivity (Wildman–Crippen MR) is 82.6 cm³/mol. The summed E-state index contributed by atoms with van der Waals surface area (Å²) < 4.78 is 0. The number of anilines is 1. The Bertz CT molecular complexity index is 563. The van der Waals surface area contributed by atoms with Crippen molar-refractivity contribution >= 4 is 11.6 Å². The van der Waals surface area contributed by atoms with Crippen LogP contribution in [0.4, 0.5) is 5.69 Å². The van der Waals surface area contributed by atoms with Crippen LogP contribution in [0.15, 0.2) is 54.6 Å². The van der Waals surface area contributed by atoms with Gasteiger partial charge in [0.15, 0.2) is 0 Å². The molecule has 0 aromatic heterocycles. The molecule has 2 aromatic rings. The summed E-state index contributed by atoms with van der Waals surface area (Å²) in [7, 11) is 1.76. The molecule has 3 nitrogen and oxygen atoms in total. The fraction of sp³-hybridized carbons (Fsp3) is 0.235. The molecule has 2 N–H and O–H groups in total. The summed E-state index contributed by atoms with van der Waals surface area (Å²) in [5, 5.41) is 0. The van der Waals surface area contributed by atoms with E-state index in [1.165, 1.54) is 5.56 Å². The first-order chi connectivity index (χ1) is 9.63. The number of hydrogen-bond acceptors (Lipinski definition) is 2. The largest absolute Gasteiger partial charge is 0.316 e. The van der Waals surface area contributed by atoms with Crippen molar-refractivity contribution < 1.29 is 4.79 Å². The van der Waals surface area contributed by atoms with E-state index in [1.54, 1.807) is 11.9 Å². The molecule has 20 heavy (non-hydrogen) atoms. The van der Waals surface area contributed by atoms with Gasteiger partial charge in [-0.2, -0.15) is 0 Å². The van der Waals surface area contributed by atoms with Gasteiger partial charge < -0.3 is 10.6 Å². The molecule has 0 aliphatic rings. The second-order valence-electron chi connectivity index (χ2n) is 4.81. The maximum Gasteiger partial charge on any atom is 0.248 e. The van der Waals surface area contributed by atoms with E-state index in [-0.39, 0.29) is 5.91 Å². The molecule has 0 spiro atoms. The van der Waals surface area contributed by atoms with E-state index < -0.39 is 6.04 Å². The Morgan fingerprint density at radius 2 is 1.70 bits per heavy atom. The van der Waals surface area contributed by atoms with Gasteiger partial charge in [0.05, 0.1) is 0 Å². The average Bonchev–Trinajstić information content (AvgIpc) is 2.53. The molecule has 0 saturated heterocycles. The smallest absolute Gasteiger partial charge is 0.248 e. The van der Waals surface area contributed by atoms with Gasteiger partial charge in [-0.3, -0.25) is 4.79 Å². The van der Waals surface area contributed by atoms with Gasteiger partial charge in [0.25, 0.3) is 0 Å². The van der Waals surface area contributed by atoms with Crippen LogP contribution in [0.2, 0.25) is 0 Å². The first kappa shape index (κ1) is 14.3. The molecule has 0 bridgehead atoms. The first-order valence-corrected chi connectivity index (χ1v) is 6.80. The number of nitrogens with zero attached hydrogens (tertiary/aromatic N) is 1. The lowest BCUT2D eigenvalue weighted by Crippen LogP contribution is -2.35. The monoisotopic (exact) mass is 268 g/mol. The summed E-state index contributed by atoms with van der Waals surface area (Å²) in [6, 6.07) is 16.8. The Morgan fingerprint density at radius 1 is 1.10 bits per heavy atom. The van der Waals surface area contributed by atoms with Gasteiger partial charge in [-0.25, -0.2) is 0 Å². The highest BCUT2D eigenvalue weighted by atomic mass is 16.2. The van der Waals surface area contributed by atoms with Crippen LogP contribution in [0.1, 0.15) is 24.1 Å². The van der Waals surface area contributed by atoms with E-state index in [9.17, 15) is 4.79 Å². The molecule has 0 aliphatic heterocycles. The highest BCUT2D eigenvalue weighted by Crippen LogP contribution is 2.19. The van der Waals surface area contributed by atoms with Crippen molar-refractivity contribution in [1.82, 2.24) is 0 Å². The fourth-order valence-corrected chi connectivity index (χ4v) is 2.09. The lowest BCUT2D eigenvalue weighted by molar-refractivity contribution is -0.119. The van der Waals surface area contributed by atoms with Crippen LogP contribution < -0.4 is 10.6 Å². The summed E-state index contributed by atoms with van der Waals surface area (Å²) in [5.41, 5.74) is 8.98. The second-order valence-corrected chi connectivity index (χ2v) is 4.81. The van der Waals surface area contributed by atoms with Crippen LogP contribution >= 0.6 is 0 Å². The van der Waals surface area contributed by atoms with Crippen molar-refractivity contribution in [2.45, 2.75) is 19.4 Å². The number of likely N-dealkylation sites (N-methyl/N-ethyl adjacent to an activating group) is 1. The lowest BCUT2D eigenvalue weighted by atomic mass is 10.1. The predicted octanol–water partition coefficient (Wildman–Crippen LogP) is 2.91. The van der Waals surface area contributed by atoms with Gasteiger partial charge in [-0.05, 0) is 29.7 Å². The molecule has 0 aliphatic carbocycles. The normalized spacial score (nSPS) is 11.9. The Kier molecular flexibility index (Phi) is 4.53. The molecule has 3 heteroatoms. The molecule has 0 radical (unpaired) electrons. The van der Waals surface area contributed by atoms with Crippen molar-refractivity contribution in [2.75, 3.05) is 11.9 Å². The second kappa shape index (κ2) is 6.35. The Labute approximate surface area is 120 Å². The molecule has 1 amide bonds. The van der Waals surface area contributed by atoms with Crippen LogP contribution in [0.25, 0.3) is 0 Å². The molecule has 0 unspecified atom stereocenters. The molecule has 0 saturated carbocycles. The van der Waals surface area contributed by atoms with Crippen LogP contribution in [0.3, 0.4) is 0 Å². The standard InChI is InChI=1S/C17H20N2O/c1-3-13-9-11-15(12-10-13)19(2)17(20)16(18)14-7-5-4-6-8-14/h4-12,16H,3,18H2,1-2H3/t16-/m1/s1. The molecule has 0 fully saturated rings. The van der Waals surface area contributed by atoms with Gasteiger partial charge in [0.2, 0.25) is 5.91 Å². The van der Waals surface area contributed by atoms with Crippen molar-refractivity contribution in [3.05, 3.63) is 65.7 Å². The van der Waals surface area contributed by atoms with Gasteiger partial charge in [0, 0.05) is 12.7 Å². The number of nitrogens with two attached hydrogens (primary N) is 1. The SMILES string of the molecule is CCc1ccc(N(C)C(=O)[C@H](N)c2ccccc2)cc1. The lowest BCUT2D eigenvalue weighted by Gasteiger charge is -2.22. The van der Waals surface area contributed by atoms with Crippen LogP contribution in [-0.4, -0.2) is 13.0 Å². The average molecular weight is 268 g/mol. The van der Waals surface area contributed by atoms with Crippen molar-refractivity contribution in [3.63, 3.8) is 0 Å². The molecule has 2 rings (SSSR count). The number of benzene rings is 2. The van der Waals surface area contributed by atoms with Gasteiger partial charge >= 0.3 is 0 Å². The molecular weight excluding hydrogens is 248 g/mol. The Balaban J connectivity index is 2.15. The zero-order chi connectivity index (χ0) is 14.5. The Hall–Kier alpha value is -2.13. The number of amides is 1. The minimum Gasteiger partial charge on any atom is -0.316 e. The quantitative estimate of drug-likeness (QED) is 0.926. The third kappa shape index (κ3) is 3.06. The Morgan fingerprint density at radius 3 is 2.25 bits per heavy atom. The van der Waals surface area contributed by atoms with Crippen molar-refractivity contribution in [3.8, 4) is 0 Å². The summed E-state index contributed by atoms with van der Waals surface area (Å²) in [6.07, 6.45) is 0.988. The fourth-order valence-electron chi connectivity index (χ4n) is 2.09. The third-order valence-corrected chi connectivity index (χ3v) is 3.49. The van der Waals surface area contributed by atoms with E-state index >= 15 is 0 Å². The van der Waals surface area contributed by atoms with E-state index in [0.717, 1.165) is 17.7 Å². The van der Waals surface area contributed by atoms with Crippen molar-refractivity contribution in [2.24, 2.45) is 5.73 Å². The summed E-state index contributed by atoms with van der Waals surface area (Å²) in [6.45, 7) is 2.11. The van der Waals surface area contributed by atoms with E-state index in [0.29, 0.717) is 0 Å². The summed E-state index contributed by atoms with van der Waals surface area (Å²) in [5.74, 6) is -0.111. The maximum atomic E-state index is 12.4. The molecular formula is C17H20N2O. The van der Waals surface area contributed by atoms with E-state index in [2.05, 4.69) is 6.92 Å².